The Balaban J connectivity index is 2.47. The van der Waals surface area contributed by atoms with Crippen molar-refractivity contribution in [1.29, 1.82) is 0 Å². The van der Waals surface area contributed by atoms with Crippen molar-refractivity contribution in [2.24, 2.45) is 0 Å². The third-order valence-electron chi connectivity index (χ3n) is 2.00. The second-order valence-electron chi connectivity index (χ2n) is 3.27. The second-order valence-corrected chi connectivity index (χ2v) is 3.27. The van der Waals surface area contributed by atoms with E-state index in [2.05, 4.69) is 27.1 Å². The van der Waals surface area contributed by atoms with E-state index in [0.717, 1.165) is 31.3 Å². The van der Waals surface area contributed by atoms with Gasteiger partial charge in [0.05, 0.1) is 0 Å². The van der Waals surface area contributed by atoms with Gasteiger partial charge in [-0.3, -0.25) is 0 Å². The zero-order valence-electron chi connectivity index (χ0n) is 9.12. The molecule has 1 N–H and O–H groups in total. The number of nitrogens with zero attached hydrogens (tertiary/aromatic N) is 3. The van der Waals surface area contributed by atoms with Crippen molar-refractivity contribution in [2.75, 3.05) is 31.6 Å². The summed E-state index contributed by atoms with van der Waals surface area (Å²) in [6, 6.07) is 1.90. The van der Waals surface area contributed by atoms with Crippen LogP contribution in [0.25, 0.3) is 0 Å². The molecule has 1 heterocycles. The van der Waals surface area contributed by atoms with Gasteiger partial charge in [0.1, 0.15) is 0 Å². The van der Waals surface area contributed by atoms with Crippen LogP contribution in [-0.4, -0.2) is 36.6 Å². The van der Waals surface area contributed by atoms with E-state index in [-0.39, 0.29) is 0 Å². The molecule has 0 aliphatic heterocycles. The number of hydrogen-bond acceptors (Lipinski definition) is 4. The van der Waals surface area contributed by atoms with Crippen LogP contribution in [0.2, 0.25) is 0 Å². The standard InChI is InChI=1S/C10H18N4/c1-4-11-7-8-14(3)10-12-6-5-9(2)13-10/h5-6,11H,4,7-8H2,1-3H3. The van der Waals surface area contributed by atoms with Gasteiger partial charge in [-0.15, -0.1) is 0 Å². The largest absolute Gasteiger partial charge is 0.343 e. The number of rotatable bonds is 5. The maximum Gasteiger partial charge on any atom is 0.225 e. The maximum atomic E-state index is 4.34. The topological polar surface area (TPSA) is 41.0 Å². The lowest BCUT2D eigenvalue weighted by Gasteiger charge is -2.16. The van der Waals surface area contributed by atoms with E-state index in [1.807, 2.05) is 20.0 Å². The quantitative estimate of drug-likeness (QED) is 0.705. The molecule has 78 valence electrons. The van der Waals surface area contributed by atoms with Crippen LogP contribution < -0.4 is 10.2 Å². The van der Waals surface area contributed by atoms with Crippen molar-refractivity contribution < 1.29 is 0 Å². The van der Waals surface area contributed by atoms with E-state index in [0.29, 0.717) is 0 Å². The van der Waals surface area contributed by atoms with Crippen LogP contribution in [-0.2, 0) is 0 Å². The molecule has 0 fully saturated rings. The van der Waals surface area contributed by atoms with Gasteiger partial charge in [-0.05, 0) is 19.5 Å². The molecule has 0 aromatic carbocycles. The Kier molecular flexibility index (Phi) is 4.32. The molecule has 0 bridgehead atoms. The first kappa shape index (κ1) is 10.9. The van der Waals surface area contributed by atoms with Crippen LogP contribution in [0.1, 0.15) is 12.6 Å². The summed E-state index contributed by atoms with van der Waals surface area (Å²) in [7, 11) is 2.01. The molecule has 0 aliphatic rings. The summed E-state index contributed by atoms with van der Waals surface area (Å²) < 4.78 is 0. The Labute approximate surface area is 85.4 Å². The van der Waals surface area contributed by atoms with Crippen molar-refractivity contribution in [3.63, 3.8) is 0 Å². The third-order valence-corrected chi connectivity index (χ3v) is 2.00. The predicted molar refractivity (Wildman–Crippen MR) is 58.6 cm³/mol. The van der Waals surface area contributed by atoms with Crippen LogP contribution in [0.15, 0.2) is 12.3 Å². The summed E-state index contributed by atoms with van der Waals surface area (Å²) >= 11 is 0. The zero-order chi connectivity index (χ0) is 10.4. The number of aryl methyl sites for hydroxylation is 1. The Hall–Kier alpha value is -1.16. The summed E-state index contributed by atoms with van der Waals surface area (Å²) in [5.74, 6) is 0.794. The number of aromatic nitrogens is 2. The lowest BCUT2D eigenvalue weighted by atomic mass is 10.4. The van der Waals surface area contributed by atoms with Crippen LogP contribution in [0.3, 0.4) is 0 Å². The summed E-state index contributed by atoms with van der Waals surface area (Å²) in [4.78, 5) is 10.6. The average molecular weight is 194 g/mol. The highest BCUT2D eigenvalue weighted by Gasteiger charge is 2.02. The van der Waals surface area contributed by atoms with Crippen molar-refractivity contribution in [3.8, 4) is 0 Å². The smallest absolute Gasteiger partial charge is 0.225 e. The molecule has 0 saturated heterocycles. The molecule has 1 aromatic rings. The van der Waals surface area contributed by atoms with Crippen molar-refractivity contribution in [1.82, 2.24) is 15.3 Å². The Morgan fingerprint density at radius 3 is 2.93 bits per heavy atom. The van der Waals surface area contributed by atoms with Crippen LogP contribution in [0.5, 0.6) is 0 Å². The van der Waals surface area contributed by atoms with Gasteiger partial charge in [0.15, 0.2) is 0 Å². The van der Waals surface area contributed by atoms with Gasteiger partial charge in [-0.2, -0.15) is 0 Å². The molecule has 4 heteroatoms. The Bertz CT molecular complexity index is 275. The Morgan fingerprint density at radius 2 is 2.29 bits per heavy atom. The minimum Gasteiger partial charge on any atom is -0.343 e. The van der Waals surface area contributed by atoms with Crippen LogP contribution in [0, 0.1) is 6.92 Å². The monoisotopic (exact) mass is 194 g/mol. The first-order chi connectivity index (χ1) is 6.74. The minimum absolute atomic E-state index is 0.794. The second kappa shape index (κ2) is 5.54. The molecule has 0 saturated carbocycles. The summed E-state index contributed by atoms with van der Waals surface area (Å²) in [5, 5.41) is 3.27. The molecule has 0 atom stereocenters. The number of anilines is 1. The fourth-order valence-corrected chi connectivity index (χ4v) is 1.14. The highest BCUT2D eigenvalue weighted by molar-refractivity contribution is 5.28. The number of nitrogens with one attached hydrogen (secondary N) is 1. The first-order valence-electron chi connectivity index (χ1n) is 4.95. The molecule has 1 aromatic heterocycles. The Morgan fingerprint density at radius 1 is 1.50 bits per heavy atom. The number of likely N-dealkylation sites (N-methyl/N-ethyl adjacent to an activating group) is 2. The van der Waals surface area contributed by atoms with Crippen LogP contribution >= 0.6 is 0 Å². The molecule has 4 nitrogen and oxygen atoms in total. The van der Waals surface area contributed by atoms with E-state index in [1.54, 1.807) is 6.20 Å². The van der Waals surface area contributed by atoms with E-state index in [1.165, 1.54) is 0 Å². The van der Waals surface area contributed by atoms with Crippen LogP contribution in [0.4, 0.5) is 5.95 Å². The maximum absolute atomic E-state index is 4.34. The van der Waals surface area contributed by atoms with Crippen molar-refractivity contribution >= 4 is 5.95 Å². The van der Waals surface area contributed by atoms with Crippen molar-refractivity contribution in [2.45, 2.75) is 13.8 Å². The molecule has 14 heavy (non-hydrogen) atoms. The summed E-state index contributed by atoms with van der Waals surface area (Å²) in [6.45, 7) is 6.97. The molecule has 0 aliphatic carbocycles. The molecule has 0 radical (unpaired) electrons. The molecule has 0 spiro atoms. The third kappa shape index (κ3) is 3.30. The van der Waals surface area contributed by atoms with Gasteiger partial charge in [0.2, 0.25) is 5.95 Å². The molecular weight excluding hydrogens is 176 g/mol. The van der Waals surface area contributed by atoms with Gasteiger partial charge in [0.25, 0.3) is 0 Å². The highest BCUT2D eigenvalue weighted by atomic mass is 15.2. The van der Waals surface area contributed by atoms with E-state index in [9.17, 15) is 0 Å². The lowest BCUT2D eigenvalue weighted by Crippen LogP contribution is -2.30. The molecule has 0 amide bonds. The van der Waals surface area contributed by atoms with Gasteiger partial charge >= 0.3 is 0 Å². The van der Waals surface area contributed by atoms with Gasteiger partial charge in [-0.1, -0.05) is 6.92 Å². The number of hydrogen-bond donors (Lipinski definition) is 1. The fourth-order valence-electron chi connectivity index (χ4n) is 1.14. The van der Waals surface area contributed by atoms with E-state index < -0.39 is 0 Å². The molecular formula is C10H18N4. The highest BCUT2D eigenvalue weighted by Crippen LogP contribution is 2.03. The van der Waals surface area contributed by atoms with E-state index in [4.69, 9.17) is 0 Å². The summed E-state index contributed by atoms with van der Waals surface area (Å²) in [6.07, 6.45) is 1.79. The average Bonchev–Trinajstić information content (AvgIpc) is 2.18. The summed E-state index contributed by atoms with van der Waals surface area (Å²) in [5.41, 5.74) is 1.00. The SMILES string of the molecule is CCNCCN(C)c1nccc(C)n1. The first-order valence-corrected chi connectivity index (χ1v) is 4.95. The predicted octanol–water partition coefficient (Wildman–Crippen LogP) is 0.831. The molecule has 1 rings (SSSR count). The zero-order valence-corrected chi connectivity index (χ0v) is 9.12. The van der Waals surface area contributed by atoms with E-state index >= 15 is 0 Å². The normalized spacial score (nSPS) is 10.2. The fraction of sp³-hybridized carbons (Fsp3) is 0.600. The molecule has 0 unspecified atom stereocenters. The van der Waals surface area contributed by atoms with Gasteiger partial charge in [-0.25, -0.2) is 9.97 Å². The lowest BCUT2D eigenvalue weighted by molar-refractivity contribution is 0.697. The van der Waals surface area contributed by atoms with Gasteiger partial charge < -0.3 is 10.2 Å². The van der Waals surface area contributed by atoms with Crippen molar-refractivity contribution in [3.05, 3.63) is 18.0 Å². The minimum atomic E-state index is 0.794. The van der Waals surface area contributed by atoms with Gasteiger partial charge in [0, 0.05) is 32.0 Å².